The Balaban J connectivity index is 0.00000288. The van der Waals surface area contributed by atoms with Gasteiger partial charge in [0.25, 0.3) is 0 Å². The Kier molecular flexibility index (Phi) is 10.8. The van der Waals surface area contributed by atoms with Crippen molar-refractivity contribution in [1.82, 2.24) is 20.5 Å². The highest BCUT2D eigenvalue weighted by atomic mass is 127. The van der Waals surface area contributed by atoms with Gasteiger partial charge in [-0.05, 0) is 19.3 Å². The highest BCUT2D eigenvalue weighted by molar-refractivity contribution is 14.0. The molecule has 1 fully saturated rings. The second-order valence-electron chi connectivity index (χ2n) is 5.75. The fraction of sp³-hybridized carbons (Fsp3) is 0.750. The third kappa shape index (κ3) is 7.20. The fourth-order valence-corrected chi connectivity index (χ4v) is 3.46. The number of nitrogens with zero attached hydrogens (tertiary/aromatic N) is 3. The molecule has 0 spiro atoms. The molecule has 0 bridgehead atoms. The number of hydrogen-bond acceptors (Lipinski definition) is 5. The van der Waals surface area contributed by atoms with Crippen LogP contribution in [-0.2, 0) is 17.7 Å². The zero-order chi connectivity index (χ0) is 16.5. The first-order valence-corrected chi connectivity index (χ1v) is 9.18. The molecule has 0 aliphatic carbocycles. The van der Waals surface area contributed by atoms with E-state index < -0.39 is 0 Å². The van der Waals surface area contributed by atoms with Crippen LogP contribution < -0.4 is 10.6 Å². The van der Waals surface area contributed by atoms with Crippen molar-refractivity contribution < 1.29 is 4.74 Å². The predicted molar refractivity (Wildman–Crippen MR) is 112 cm³/mol. The first-order valence-electron chi connectivity index (χ1n) is 8.37. The number of guanidine groups is 1. The molecule has 1 aliphatic heterocycles. The maximum Gasteiger partial charge on any atom is 0.191 e. The highest BCUT2D eigenvalue weighted by Gasteiger charge is 2.19. The van der Waals surface area contributed by atoms with Gasteiger partial charge in [-0.1, -0.05) is 6.92 Å². The number of methoxy groups -OCH3 is 1. The molecule has 2 N–H and O–H groups in total. The molecule has 0 amide bonds. The van der Waals surface area contributed by atoms with E-state index in [2.05, 4.69) is 32.4 Å². The van der Waals surface area contributed by atoms with Crippen LogP contribution in [0.3, 0.4) is 0 Å². The molecule has 6 nitrogen and oxygen atoms in total. The van der Waals surface area contributed by atoms with E-state index in [1.807, 2.05) is 13.2 Å². The summed E-state index contributed by atoms with van der Waals surface area (Å²) in [5, 5.41) is 8.01. The molecule has 2 rings (SSSR count). The van der Waals surface area contributed by atoms with Gasteiger partial charge in [-0.2, -0.15) is 0 Å². The van der Waals surface area contributed by atoms with Crippen molar-refractivity contribution >= 4 is 41.3 Å². The van der Waals surface area contributed by atoms with Crippen LogP contribution in [0, 0.1) is 0 Å². The van der Waals surface area contributed by atoms with Gasteiger partial charge in [-0.25, -0.2) is 4.98 Å². The molecule has 1 aliphatic rings. The molecule has 0 aromatic carbocycles. The zero-order valence-corrected chi connectivity index (χ0v) is 18.0. The van der Waals surface area contributed by atoms with E-state index in [0.29, 0.717) is 6.04 Å². The lowest BCUT2D eigenvalue weighted by molar-refractivity contribution is 0.128. The van der Waals surface area contributed by atoms with Crippen molar-refractivity contribution in [3.8, 4) is 0 Å². The molecule has 138 valence electrons. The molecule has 24 heavy (non-hydrogen) atoms. The van der Waals surface area contributed by atoms with E-state index in [9.17, 15) is 0 Å². The van der Waals surface area contributed by atoms with Gasteiger partial charge in [-0.15, -0.1) is 35.3 Å². The maximum absolute atomic E-state index is 5.15. The van der Waals surface area contributed by atoms with Crippen LogP contribution in [-0.4, -0.2) is 62.3 Å². The number of aryl methyl sites for hydroxylation is 1. The van der Waals surface area contributed by atoms with Gasteiger partial charge >= 0.3 is 0 Å². The molecule has 1 aromatic heterocycles. The fourth-order valence-electron chi connectivity index (χ4n) is 2.66. The van der Waals surface area contributed by atoms with E-state index in [0.717, 1.165) is 63.0 Å². The van der Waals surface area contributed by atoms with E-state index in [1.165, 1.54) is 4.88 Å². The van der Waals surface area contributed by atoms with Gasteiger partial charge in [0, 0.05) is 50.9 Å². The molecule has 8 heteroatoms. The number of ether oxygens (including phenoxy) is 1. The van der Waals surface area contributed by atoms with Gasteiger partial charge < -0.3 is 20.3 Å². The average molecular weight is 467 g/mol. The number of aliphatic imine (C=N–C) groups is 1. The molecule has 0 atom stereocenters. The number of rotatable bonds is 7. The van der Waals surface area contributed by atoms with Crippen molar-refractivity contribution in [2.75, 3.05) is 40.4 Å². The molecule has 1 saturated heterocycles. The van der Waals surface area contributed by atoms with Crippen molar-refractivity contribution in [1.29, 1.82) is 0 Å². The van der Waals surface area contributed by atoms with Gasteiger partial charge in [0.05, 0.1) is 13.2 Å². The van der Waals surface area contributed by atoms with Crippen LogP contribution >= 0.6 is 35.3 Å². The van der Waals surface area contributed by atoms with Gasteiger partial charge in [0.2, 0.25) is 0 Å². The lowest BCUT2D eigenvalue weighted by atomic mass is 10.1. The molecular formula is C16H30IN5OS. The Bertz CT molecular complexity index is 489. The largest absolute Gasteiger partial charge is 0.383 e. The first-order chi connectivity index (χ1) is 11.2. The van der Waals surface area contributed by atoms with Crippen LogP contribution in [0.5, 0.6) is 0 Å². The van der Waals surface area contributed by atoms with Crippen LogP contribution in [0.25, 0.3) is 0 Å². The van der Waals surface area contributed by atoms with Crippen LogP contribution in [0.4, 0.5) is 0 Å². The van der Waals surface area contributed by atoms with Crippen LogP contribution in [0.2, 0.25) is 0 Å². The Hall–Kier alpha value is -0.450. The number of thiazole rings is 1. The summed E-state index contributed by atoms with van der Waals surface area (Å²) < 4.78 is 5.15. The number of likely N-dealkylation sites (tertiary alicyclic amines) is 1. The topological polar surface area (TPSA) is 61.8 Å². The summed E-state index contributed by atoms with van der Waals surface area (Å²) in [5.41, 5.74) is 0. The highest BCUT2D eigenvalue weighted by Crippen LogP contribution is 2.13. The first kappa shape index (κ1) is 21.6. The second kappa shape index (κ2) is 12.0. The summed E-state index contributed by atoms with van der Waals surface area (Å²) >= 11 is 1.76. The van der Waals surface area contributed by atoms with Gasteiger partial charge in [-0.3, -0.25) is 4.99 Å². The normalized spacial score (nSPS) is 16.7. The Morgan fingerprint density at radius 1 is 1.46 bits per heavy atom. The van der Waals surface area contributed by atoms with Crippen LogP contribution in [0.15, 0.2) is 11.2 Å². The third-order valence-corrected chi connectivity index (χ3v) is 5.26. The van der Waals surface area contributed by atoms with Crippen molar-refractivity contribution in [3.05, 3.63) is 16.1 Å². The molecule has 2 heterocycles. The van der Waals surface area contributed by atoms with E-state index >= 15 is 0 Å². The summed E-state index contributed by atoms with van der Waals surface area (Å²) in [5.74, 6) is 0.869. The molecule has 0 radical (unpaired) electrons. The lowest BCUT2D eigenvalue weighted by Gasteiger charge is -2.32. The SMILES string of the molecule is CCc1cnc(CNC(=NC)NC2CCN(CCOC)CC2)s1.I. The minimum atomic E-state index is 0. The number of hydrogen-bond donors (Lipinski definition) is 2. The summed E-state index contributed by atoms with van der Waals surface area (Å²) in [6, 6.07) is 0.488. The molecular weight excluding hydrogens is 437 g/mol. The number of nitrogens with one attached hydrogen (secondary N) is 2. The quantitative estimate of drug-likeness (QED) is 0.366. The van der Waals surface area contributed by atoms with Crippen molar-refractivity contribution in [3.63, 3.8) is 0 Å². The van der Waals surface area contributed by atoms with Gasteiger partial charge in [0.15, 0.2) is 5.96 Å². The van der Waals surface area contributed by atoms with Gasteiger partial charge in [0.1, 0.15) is 5.01 Å². The maximum atomic E-state index is 5.15. The Morgan fingerprint density at radius 3 is 2.79 bits per heavy atom. The summed E-state index contributed by atoms with van der Waals surface area (Å²) in [7, 11) is 3.58. The standard InChI is InChI=1S/C16H29N5OS.HI/c1-4-14-11-18-15(23-14)12-19-16(17-2)20-13-5-7-21(8-6-13)9-10-22-3;/h11,13H,4-10,12H2,1-3H3,(H2,17,19,20);1H. The summed E-state index contributed by atoms with van der Waals surface area (Å²) in [4.78, 5) is 12.5. The number of piperidine rings is 1. The average Bonchev–Trinajstić information content (AvgIpc) is 3.06. The van der Waals surface area contributed by atoms with E-state index in [1.54, 1.807) is 18.4 Å². The van der Waals surface area contributed by atoms with Crippen molar-refractivity contribution in [2.45, 2.75) is 38.8 Å². The molecule has 0 unspecified atom stereocenters. The summed E-state index contributed by atoms with van der Waals surface area (Å²) in [6.07, 6.45) is 5.29. The minimum absolute atomic E-state index is 0. The second-order valence-corrected chi connectivity index (χ2v) is 6.95. The predicted octanol–water partition coefficient (Wildman–Crippen LogP) is 2.10. The Morgan fingerprint density at radius 2 is 2.21 bits per heavy atom. The van der Waals surface area contributed by atoms with E-state index in [-0.39, 0.29) is 24.0 Å². The van der Waals surface area contributed by atoms with Crippen molar-refractivity contribution in [2.24, 2.45) is 4.99 Å². The number of halogens is 1. The zero-order valence-electron chi connectivity index (χ0n) is 14.9. The number of aromatic nitrogens is 1. The molecule has 1 aromatic rings. The van der Waals surface area contributed by atoms with Crippen LogP contribution in [0.1, 0.15) is 29.7 Å². The summed E-state index contributed by atoms with van der Waals surface area (Å²) in [6.45, 7) is 6.96. The monoisotopic (exact) mass is 467 g/mol. The molecule has 0 saturated carbocycles. The Labute approximate surface area is 166 Å². The van der Waals surface area contributed by atoms with E-state index in [4.69, 9.17) is 4.74 Å². The smallest absolute Gasteiger partial charge is 0.191 e. The minimum Gasteiger partial charge on any atom is -0.383 e. The lowest BCUT2D eigenvalue weighted by Crippen LogP contribution is -2.48. The third-order valence-electron chi connectivity index (χ3n) is 4.12.